The van der Waals surface area contributed by atoms with Crippen molar-refractivity contribution in [1.29, 1.82) is 0 Å². The van der Waals surface area contributed by atoms with Crippen molar-refractivity contribution in [2.24, 2.45) is 0 Å². The molecule has 0 saturated heterocycles. The standard InChI is InChI=1S/C22H18N4O/c27-21(24-14-18-8-4-5-11-23-18)10-9-16-12-19-20(15-26-22(19)25-13-16)17-6-2-1-3-7-17/h1-13,15H,14H2,(H,24,27)(H,25,26)/b10-9+. The smallest absolute Gasteiger partial charge is 0.244 e. The van der Waals surface area contributed by atoms with E-state index in [2.05, 4.69) is 32.4 Å². The molecule has 0 unspecified atom stereocenters. The predicted octanol–water partition coefficient (Wildman–Crippen LogP) is 3.95. The van der Waals surface area contributed by atoms with Gasteiger partial charge in [-0.1, -0.05) is 36.4 Å². The average molecular weight is 354 g/mol. The minimum absolute atomic E-state index is 0.168. The molecule has 0 aliphatic carbocycles. The number of benzene rings is 1. The molecule has 3 aromatic heterocycles. The second-order valence-electron chi connectivity index (χ2n) is 6.11. The van der Waals surface area contributed by atoms with E-state index < -0.39 is 0 Å². The van der Waals surface area contributed by atoms with Gasteiger partial charge in [0.2, 0.25) is 5.91 Å². The van der Waals surface area contributed by atoms with Gasteiger partial charge in [0.1, 0.15) is 5.65 Å². The van der Waals surface area contributed by atoms with Gasteiger partial charge in [-0.2, -0.15) is 0 Å². The van der Waals surface area contributed by atoms with Crippen molar-refractivity contribution >= 4 is 23.0 Å². The van der Waals surface area contributed by atoms with Crippen LogP contribution in [0.5, 0.6) is 0 Å². The fourth-order valence-corrected chi connectivity index (χ4v) is 2.88. The fourth-order valence-electron chi connectivity index (χ4n) is 2.88. The molecule has 5 nitrogen and oxygen atoms in total. The van der Waals surface area contributed by atoms with E-state index >= 15 is 0 Å². The van der Waals surface area contributed by atoms with Crippen molar-refractivity contribution in [3.63, 3.8) is 0 Å². The Labute approximate surface area is 156 Å². The SMILES string of the molecule is O=C(/C=C/c1cnc2[nH]cc(-c3ccccc3)c2c1)NCc1ccccn1. The molecule has 0 radical (unpaired) electrons. The van der Waals surface area contributed by atoms with Crippen molar-refractivity contribution in [3.8, 4) is 11.1 Å². The first-order chi connectivity index (χ1) is 13.3. The highest BCUT2D eigenvalue weighted by Crippen LogP contribution is 2.28. The molecule has 132 valence electrons. The summed E-state index contributed by atoms with van der Waals surface area (Å²) >= 11 is 0. The van der Waals surface area contributed by atoms with Crippen molar-refractivity contribution in [2.45, 2.75) is 6.54 Å². The molecule has 5 heteroatoms. The van der Waals surface area contributed by atoms with Gasteiger partial charge in [-0.05, 0) is 35.4 Å². The highest BCUT2D eigenvalue weighted by atomic mass is 16.1. The summed E-state index contributed by atoms with van der Waals surface area (Å²) in [4.78, 5) is 23.9. The molecule has 0 fully saturated rings. The lowest BCUT2D eigenvalue weighted by atomic mass is 10.1. The summed E-state index contributed by atoms with van der Waals surface area (Å²) in [6, 6.07) is 17.8. The van der Waals surface area contributed by atoms with Crippen molar-refractivity contribution in [2.75, 3.05) is 0 Å². The van der Waals surface area contributed by atoms with Gasteiger partial charge in [-0.25, -0.2) is 4.98 Å². The van der Waals surface area contributed by atoms with E-state index in [1.54, 1.807) is 18.5 Å². The Morgan fingerprint density at radius 2 is 1.93 bits per heavy atom. The van der Waals surface area contributed by atoms with Gasteiger partial charge in [-0.3, -0.25) is 9.78 Å². The van der Waals surface area contributed by atoms with Crippen LogP contribution in [0.2, 0.25) is 0 Å². The summed E-state index contributed by atoms with van der Waals surface area (Å²) in [5.41, 5.74) is 4.73. The van der Waals surface area contributed by atoms with Crippen molar-refractivity contribution in [1.82, 2.24) is 20.3 Å². The van der Waals surface area contributed by atoms with E-state index in [0.29, 0.717) is 6.54 Å². The van der Waals surface area contributed by atoms with Crippen LogP contribution in [0.4, 0.5) is 0 Å². The zero-order valence-corrected chi connectivity index (χ0v) is 14.6. The Balaban J connectivity index is 1.50. The van der Waals surface area contributed by atoms with Gasteiger partial charge >= 0.3 is 0 Å². The number of carbonyl (C=O) groups is 1. The van der Waals surface area contributed by atoms with Crippen molar-refractivity contribution in [3.05, 3.63) is 90.5 Å². The van der Waals surface area contributed by atoms with E-state index in [1.165, 1.54) is 6.08 Å². The predicted molar refractivity (Wildman–Crippen MR) is 107 cm³/mol. The maximum Gasteiger partial charge on any atom is 0.244 e. The maximum absolute atomic E-state index is 12.0. The Morgan fingerprint density at radius 1 is 1.07 bits per heavy atom. The molecular formula is C22H18N4O. The number of nitrogens with zero attached hydrogens (tertiary/aromatic N) is 2. The number of H-pyrrole nitrogens is 1. The lowest BCUT2D eigenvalue weighted by Gasteiger charge is -2.02. The largest absolute Gasteiger partial charge is 0.347 e. The van der Waals surface area contributed by atoms with Crippen LogP contribution in [0.3, 0.4) is 0 Å². The number of hydrogen-bond acceptors (Lipinski definition) is 3. The van der Waals surface area contributed by atoms with Crippen LogP contribution < -0.4 is 5.32 Å². The third-order valence-corrected chi connectivity index (χ3v) is 4.23. The van der Waals surface area contributed by atoms with Gasteiger partial charge < -0.3 is 10.3 Å². The number of amides is 1. The highest BCUT2D eigenvalue weighted by molar-refractivity contribution is 5.96. The van der Waals surface area contributed by atoms with Crippen LogP contribution in [0.25, 0.3) is 28.2 Å². The summed E-state index contributed by atoms with van der Waals surface area (Å²) in [7, 11) is 0. The lowest BCUT2D eigenvalue weighted by Crippen LogP contribution is -2.20. The van der Waals surface area contributed by atoms with Gasteiger partial charge in [0.15, 0.2) is 0 Å². The van der Waals surface area contributed by atoms with E-state index in [-0.39, 0.29) is 5.91 Å². The molecule has 0 saturated carbocycles. The summed E-state index contributed by atoms with van der Waals surface area (Å²) < 4.78 is 0. The molecule has 0 aliphatic heterocycles. The molecule has 0 atom stereocenters. The van der Waals surface area contributed by atoms with Crippen LogP contribution in [-0.2, 0) is 11.3 Å². The molecule has 4 rings (SSSR count). The maximum atomic E-state index is 12.0. The van der Waals surface area contributed by atoms with E-state index in [4.69, 9.17) is 0 Å². The first-order valence-electron chi connectivity index (χ1n) is 8.68. The average Bonchev–Trinajstić information content (AvgIpc) is 3.15. The molecule has 2 N–H and O–H groups in total. The van der Waals surface area contributed by atoms with Crippen LogP contribution in [-0.4, -0.2) is 20.9 Å². The van der Waals surface area contributed by atoms with Crippen LogP contribution >= 0.6 is 0 Å². The Kier molecular flexibility index (Phi) is 4.74. The van der Waals surface area contributed by atoms with Crippen LogP contribution in [0.1, 0.15) is 11.3 Å². The molecular weight excluding hydrogens is 336 g/mol. The number of aromatic amines is 1. The number of fused-ring (bicyclic) bond motifs is 1. The third-order valence-electron chi connectivity index (χ3n) is 4.23. The second kappa shape index (κ2) is 7.66. The first kappa shape index (κ1) is 16.7. The van der Waals surface area contributed by atoms with E-state index in [9.17, 15) is 4.79 Å². The van der Waals surface area contributed by atoms with E-state index in [0.717, 1.165) is 33.4 Å². The minimum atomic E-state index is -0.168. The van der Waals surface area contributed by atoms with Crippen molar-refractivity contribution < 1.29 is 4.79 Å². The zero-order valence-electron chi connectivity index (χ0n) is 14.6. The Bertz CT molecular complexity index is 1090. The van der Waals surface area contributed by atoms with Gasteiger partial charge in [0.05, 0.1) is 12.2 Å². The number of hydrogen-bond donors (Lipinski definition) is 2. The zero-order chi connectivity index (χ0) is 18.5. The van der Waals surface area contributed by atoms with E-state index in [1.807, 2.05) is 48.7 Å². The highest BCUT2D eigenvalue weighted by Gasteiger charge is 2.07. The molecule has 1 amide bonds. The molecule has 0 bridgehead atoms. The molecule has 4 aromatic rings. The molecule has 0 spiro atoms. The van der Waals surface area contributed by atoms with Crippen LogP contribution in [0, 0.1) is 0 Å². The summed E-state index contributed by atoms with van der Waals surface area (Å²) in [5, 5.41) is 3.85. The molecule has 0 aliphatic rings. The van der Waals surface area contributed by atoms with Gasteiger partial charge in [0.25, 0.3) is 0 Å². The lowest BCUT2D eigenvalue weighted by molar-refractivity contribution is -0.116. The Morgan fingerprint density at radius 3 is 2.74 bits per heavy atom. The number of aromatic nitrogens is 3. The monoisotopic (exact) mass is 354 g/mol. The number of carbonyl (C=O) groups excluding carboxylic acids is 1. The summed E-state index contributed by atoms with van der Waals surface area (Å²) in [6.07, 6.45) is 8.69. The normalized spacial score (nSPS) is 11.1. The van der Waals surface area contributed by atoms with Gasteiger partial charge in [0, 0.05) is 35.6 Å². The van der Waals surface area contributed by atoms with Crippen LogP contribution in [0.15, 0.2) is 79.3 Å². The summed E-state index contributed by atoms with van der Waals surface area (Å²) in [6.45, 7) is 0.400. The Hall–Kier alpha value is -3.73. The number of pyridine rings is 2. The minimum Gasteiger partial charge on any atom is -0.347 e. The molecule has 3 heterocycles. The number of nitrogens with one attached hydrogen (secondary N) is 2. The van der Waals surface area contributed by atoms with Gasteiger partial charge in [-0.15, -0.1) is 0 Å². The summed E-state index contributed by atoms with van der Waals surface area (Å²) in [5.74, 6) is -0.168. The quantitative estimate of drug-likeness (QED) is 0.533. The second-order valence-corrected chi connectivity index (χ2v) is 6.11. The third kappa shape index (κ3) is 3.93. The molecule has 1 aromatic carbocycles. The number of rotatable bonds is 5. The first-order valence-corrected chi connectivity index (χ1v) is 8.68. The molecule has 27 heavy (non-hydrogen) atoms. The topological polar surface area (TPSA) is 70.7 Å². The fraction of sp³-hybridized carbons (Fsp3) is 0.0455.